The van der Waals surface area contributed by atoms with Gasteiger partial charge in [0.1, 0.15) is 10.5 Å². The van der Waals surface area contributed by atoms with Crippen LogP contribution in [0.25, 0.3) is 16.8 Å². The number of anilines is 2. The highest BCUT2D eigenvalue weighted by Gasteiger charge is 2.27. The van der Waals surface area contributed by atoms with E-state index in [9.17, 15) is 0 Å². The van der Waals surface area contributed by atoms with Gasteiger partial charge in [0.2, 0.25) is 5.95 Å². The number of rotatable bonds is 6. The summed E-state index contributed by atoms with van der Waals surface area (Å²) in [5.74, 6) is 1.65. The van der Waals surface area contributed by atoms with E-state index in [-0.39, 0.29) is 0 Å². The average molecular weight is 422 g/mol. The van der Waals surface area contributed by atoms with Gasteiger partial charge in [-0.2, -0.15) is 10.1 Å². The average Bonchev–Trinajstić information content (AvgIpc) is 3.19. The zero-order valence-corrected chi connectivity index (χ0v) is 17.3. The van der Waals surface area contributed by atoms with Crippen molar-refractivity contribution < 1.29 is 0 Å². The second-order valence-electron chi connectivity index (χ2n) is 8.12. The maximum atomic E-state index is 6.34. The molecule has 0 amide bonds. The summed E-state index contributed by atoms with van der Waals surface area (Å²) in [6, 6.07) is 4.42. The number of hydrogen-bond acceptors (Lipinski definition) is 8. The van der Waals surface area contributed by atoms with E-state index >= 15 is 0 Å². The molecule has 0 radical (unpaired) electrons. The minimum atomic E-state index is 0.296. The monoisotopic (exact) mass is 421 g/mol. The van der Waals surface area contributed by atoms with Crippen molar-refractivity contribution in [3.8, 4) is 11.3 Å². The fourth-order valence-corrected chi connectivity index (χ4v) is 4.85. The van der Waals surface area contributed by atoms with Crippen LogP contribution in [0, 0.1) is 0 Å². The van der Waals surface area contributed by atoms with Crippen LogP contribution in [0.2, 0.25) is 0 Å². The summed E-state index contributed by atoms with van der Waals surface area (Å²) in [6.45, 7) is 2.87. The van der Waals surface area contributed by atoms with E-state index < -0.39 is 0 Å². The molecule has 154 valence electrons. The first-order valence-electron chi connectivity index (χ1n) is 10.3. The summed E-state index contributed by atoms with van der Waals surface area (Å²) in [7, 11) is 0. The van der Waals surface area contributed by atoms with Crippen LogP contribution < -0.4 is 11.1 Å². The number of H-pyrrole nitrogens is 1. The highest BCUT2D eigenvalue weighted by atomic mass is 32.1. The Labute approximate surface area is 177 Å². The second-order valence-corrected chi connectivity index (χ2v) is 9.10. The van der Waals surface area contributed by atoms with Crippen molar-refractivity contribution in [1.82, 2.24) is 34.7 Å². The fourth-order valence-electron chi connectivity index (χ4n) is 4.20. The van der Waals surface area contributed by atoms with E-state index in [0.717, 1.165) is 47.8 Å². The Hall–Kier alpha value is -2.98. The van der Waals surface area contributed by atoms with E-state index in [1.807, 2.05) is 23.8 Å². The summed E-state index contributed by atoms with van der Waals surface area (Å²) in [5, 5.41) is 18.9. The van der Waals surface area contributed by atoms with Crippen molar-refractivity contribution >= 4 is 28.6 Å². The molecule has 4 N–H and O–H groups in total. The van der Waals surface area contributed by atoms with Crippen LogP contribution in [0.4, 0.5) is 11.8 Å². The molecule has 0 unspecified atom stereocenters. The SMILES string of the molecule is Nc1nc(N[C@H]2CCN(Cc3nccs3)C2)nn2ccc(-c3cc(C4CC4)[nH]n3)c12. The van der Waals surface area contributed by atoms with Gasteiger partial charge in [-0.25, -0.2) is 9.50 Å². The third kappa shape index (κ3) is 3.31. The van der Waals surface area contributed by atoms with Crippen molar-refractivity contribution in [2.75, 3.05) is 24.1 Å². The van der Waals surface area contributed by atoms with E-state index in [1.165, 1.54) is 18.5 Å². The summed E-state index contributed by atoms with van der Waals surface area (Å²) in [4.78, 5) is 11.3. The number of aromatic nitrogens is 6. The van der Waals surface area contributed by atoms with E-state index in [1.54, 1.807) is 15.9 Å². The summed E-state index contributed by atoms with van der Waals surface area (Å²) in [6.07, 6.45) is 7.30. The lowest BCUT2D eigenvalue weighted by atomic mass is 10.1. The molecule has 6 rings (SSSR count). The number of thiazole rings is 1. The predicted molar refractivity (Wildman–Crippen MR) is 116 cm³/mol. The first kappa shape index (κ1) is 17.8. The van der Waals surface area contributed by atoms with Gasteiger partial charge in [0.15, 0.2) is 5.82 Å². The Morgan fingerprint density at radius 3 is 3.07 bits per heavy atom. The van der Waals surface area contributed by atoms with E-state index in [2.05, 4.69) is 41.5 Å². The summed E-state index contributed by atoms with van der Waals surface area (Å²) >= 11 is 1.70. The lowest BCUT2D eigenvalue weighted by Gasteiger charge is -2.15. The Morgan fingerprint density at radius 1 is 1.30 bits per heavy atom. The van der Waals surface area contributed by atoms with Crippen LogP contribution in [0.1, 0.15) is 35.9 Å². The van der Waals surface area contributed by atoms with Crippen molar-refractivity contribution in [3.63, 3.8) is 0 Å². The molecule has 4 aromatic rings. The molecule has 0 spiro atoms. The molecule has 10 heteroatoms. The first-order chi connectivity index (χ1) is 14.7. The quantitative estimate of drug-likeness (QED) is 0.439. The zero-order valence-electron chi connectivity index (χ0n) is 16.5. The van der Waals surface area contributed by atoms with Gasteiger partial charge in [0, 0.05) is 54.1 Å². The Balaban J connectivity index is 1.20. The molecular weight excluding hydrogens is 398 g/mol. The van der Waals surface area contributed by atoms with Crippen LogP contribution in [-0.4, -0.2) is 53.8 Å². The molecule has 1 atom stereocenters. The lowest BCUT2D eigenvalue weighted by molar-refractivity contribution is 0.328. The van der Waals surface area contributed by atoms with Crippen molar-refractivity contribution in [3.05, 3.63) is 40.6 Å². The van der Waals surface area contributed by atoms with Gasteiger partial charge in [-0.3, -0.25) is 10.00 Å². The minimum absolute atomic E-state index is 0.296. The Bertz CT molecular complexity index is 1170. The number of fused-ring (bicyclic) bond motifs is 1. The van der Waals surface area contributed by atoms with Gasteiger partial charge >= 0.3 is 0 Å². The topological polar surface area (TPSA) is 113 Å². The first-order valence-corrected chi connectivity index (χ1v) is 11.2. The highest BCUT2D eigenvalue weighted by molar-refractivity contribution is 7.09. The molecule has 2 fully saturated rings. The fraction of sp³-hybridized carbons (Fsp3) is 0.400. The molecule has 1 aliphatic carbocycles. The smallest absolute Gasteiger partial charge is 0.243 e. The number of nitrogens with two attached hydrogens (primary N) is 1. The summed E-state index contributed by atoms with van der Waals surface area (Å²) < 4.78 is 1.80. The van der Waals surface area contributed by atoms with Gasteiger partial charge in [-0.1, -0.05) is 0 Å². The number of likely N-dealkylation sites (tertiary alicyclic amines) is 1. The minimum Gasteiger partial charge on any atom is -0.382 e. The van der Waals surface area contributed by atoms with Gasteiger partial charge in [0.25, 0.3) is 0 Å². The number of hydrogen-bond donors (Lipinski definition) is 3. The van der Waals surface area contributed by atoms with E-state index in [0.29, 0.717) is 23.7 Å². The largest absolute Gasteiger partial charge is 0.382 e. The van der Waals surface area contributed by atoms with Crippen LogP contribution in [-0.2, 0) is 6.54 Å². The molecule has 30 heavy (non-hydrogen) atoms. The van der Waals surface area contributed by atoms with Gasteiger partial charge in [-0.05, 0) is 31.4 Å². The number of nitrogens with one attached hydrogen (secondary N) is 2. The molecular formula is C20H23N9S. The molecule has 0 bridgehead atoms. The molecule has 1 aliphatic heterocycles. The van der Waals surface area contributed by atoms with Crippen molar-refractivity contribution in [2.24, 2.45) is 0 Å². The van der Waals surface area contributed by atoms with Crippen LogP contribution in [0.15, 0.2) is 29.9 Å². The normalized spacial score (nSPS) is 19.7. The molecule has 0 aromatic carbocycles. The molecule has 9 nitrogen and oxygen atoms in total. The molecule has 1 saturated heterocycles. The summed E-state index contributed by atoms with van der Waals surface area (Å²) in [5.41, 5.74) is 10.2. The predicted octanol–water partition coefficient (Wildman–Crippen LogP) is 2.72. The van der Waals surface area contributed by atoms with Gasteiger partial charge in [-0.15, -0.1) is 16.4 Å². The third-order valence-electron chi connectivity index (χ3n) is 5.88. The number of nitrogen functional groups attached to an aromatic ring is 1. The van der Waals surface area contributed by atoms with Crippen molar-refractivity contribution in [1.29, 1.82) is 0 Å². The van der Waals surface area contributed by atoms with Gasteiger partial charge in [0.05, 0.1) is 12.2 Å². The Morgan fingerprint density at radius 2 is 2.23 bits per heavy atom. The maximum Gasteiger partial charge on any atom is 0.243 e. The molecule has 1 saturated carbocycles. The molecule has 5 heterocycles. The van der Waals surface area contributed by atoms with Crippen LogP contribution in [0.3, 0.4) is 0 Å². The molecule has 4 aromatic heterocycles. The van der Waals surface area contributed by atoms with Crippen LogP contribution in [0.5, 0.6) is 0 Å². The standard InChI is InChI=1S/C20H23N9S/c21-19-18-14(16-9-15(25-26-16)12-1-2-12)4-7-29(18)27-20(24-19)23-13-3-6-28(10-13)11-17-22-5-8-30-17/h4-5,7-9,12-13H,1-3,6,10-11H2,(H,25,26)(H3,21,23,24,27)/t13-/m0/s1. The zero-order chi connectivity index (χ0) is 20.1. The molecule has 2 aliphatic rings. The highest BCUT2D eigenvalue weighted by Crippen LogP contribution is 2.40. The van der Waals surface area contributed by atoms with Crippen molar-refractivity contribution in [2.45, 2.75) is 37.8 Å². The lowest BCUT2D eigenvalue weighted by Crippen LogP contribution is -2.27. The van der Waals surface area contributed by atoms with Gasteiger partial charge < -0.3 is 11.1 Å². The maximum absolute atomic E-state index is 6.34. The second kappa shape index (κ2) is 7.06. The Kier molecular flexibility index (Phi) is 4.20. The number of nitrogens with zero attached hydrogens (tertiary/aromatic N) is 6. The third-order valence-corrected chi connectivity index (χ3v) is 6.64. The number of aromatic amines is 1. The van der Waals surface area contributed by atoms with Crippen LogP contribution >= 0.6 is 11.3 Å². The van der Waals surface area contributed by atoms with E-state index in [4.69, 9.17) is 5.73 Å².